The smallest absolute Gasteiger partial charge is 0.406 e. The van der Waals surface area contributed by atoms with E-state index in [1.165, 1.54) is 18.5 Å². The molecule has 1 aliphatic rings. The maximum Gasteiger partial charge on any atom is 0.573 e. The van der Waals surface area contributed by atoms with Crippen LogP contribution in [0.3, 0.4) is 0 Å². The molecule has 0 saturated carbocycles. The number of benzene rings is 1. The molecule has 1 fully saturated rings. The number of hydrogen-bond acceptors (Lipinski definition) is 5. The van der Waals surface area contributed by atoms with Gasteiger partial charge in [0.05, 0.1) is 0 Å². The van der Waals surface area contributed by atoms with Crippen LogP contribution in [0.15, 0.2) is 42.9 Å². The molecular formula is C17H19F3N4O. The Hall–Kier alpha value is -2.35. The van der Waals surface area contributed by atoms with E-state index in [1.807, 2.05) is 19.2 Å². The number of likely N-dealkylation sites (tertiary alicyclic amines) is 1. The molecule has 5 nitrogen and oxygen atoms in total. The SMILES string of the molecule is CN(c1ccncn1)C1CCN(Cc2cccc(OC(F)(F)F)c2)C1. The van der Waals surface area contributed by atoms with E-state index in [1.54, 1.807) is 12.3 Å². The summed E-state index contributed by atoms with van der Waals surface area (Å²) in [6.45, 7) is 2.29. The highest BCUT2D eigenvalue weighted by atomic mass is 19.4. The van der Waals surface area contributed by atoms with Gasteiger partial charge in [0.25, 0.3) is 0 Å². The first kappa shape index (κ1) is 17.5. The number of anilines is 1. The minimum absolute atomic E-state index is 0.182. The molecule has 2 aromatic rings. The zero-order valence-corrected chi connectivity index (χ0v) is 13.8. The third-order valence-electron chi connectivity index (χ3n) is 4.26. The minimum Gasteiger partial charge on any atom is -0.406 e. The summed E-state index contributed by atoms with van der Waals surface area (Å²) < 4.78 is 41.0. The van der Waals surface area contributed by atoms with Crippen LogP contribution >= 0.6 is 0 Å². The van der Waals surface area contributed by atoms with Crippen LogP contribution in [0, 0.1) is 0 Å². The van der Waals surface area contributed by atoms with Gasteiger partial charge in [0, 0.05) is 38.9 Å². The van der Waals surface area contributed by atoms with Crippen LogP contribution in [0.25, 0.3) is 0 Å². The van der Waals surface area contributed by atoms with E-state index in [-0.39, 0.29) is 5.75 Å². The molecule has 8 heteroatoms. The van der Waals surface area contributed by atoms with Crippen LogP contribution < -0.4 is 9.64 Å². The number of aromatic nitrogens is 2. The lowest BCUT2D eigenvalue weighted by Crippen LogP contribution is -2.34. The van der Waals surface area contributed by atoms with Crippen molar-refractivity contribution in [3.63, 3.8) is 0 Å². The summed E-state index contributed by atoms with van der Waals surface area (Å²) in [6, 6.07) is 8.31. The van der Waals surface area contributed by atoms with Crippen molar-refractivity contribution in [1.29, 1.82) is 0 Å². The Morgan fingerprint density at radius 3 is 2.88 bits per heavy atom. The zero-order chi connectivity index (χ0) is 17.9. The monoisotopic (exact) mass is 352 g/mol. The number of nitrogens with zero attached hydrogens (tertiary/aromatic N) is 4. The Balaban J connectivity index is 1.59. The molecule has 1 aromatic carbocycles. The van der Waals surface area contributed by atoms with Crippen molar-refractivity contribution in [1.82, 2.24) is 14.9 Å². The van der Waals surface area contributed by atoms with Crippen molar-refractivity contribution < 1.29 is 17.9 Å². The van der Waals surface area contributed by atoms with Crippen LogP contribution in [0.2, 0.25) is 0 Å². The molecule has 0 aliphatic carbocycles. The average Bonchev–Trinajstić information content (AvgIpc) is 3.02. The molecule has 0 spiro atoms. The highest BCUT2D eigenvalue weighted by Gasteiger charge is 2.31. The maximum atomic E-state index is 12.3. The van der Waals surface area contributed by atoms with Gasteiger partial charge in [-0.1, -0.05) is 12.1 Å². The Morgan fingerprint density at radius 1 is 1.32 bits per heavy atom. The summed E-state index contributed by atoms with van der Waals surface area (Å²) in [7, 11) is 1.99. The fraction of sp³-hybridized carbons (Fsp3) is 0.412. The van der Waals surface area contributed by atoms with E-state index in [4.69, 9.17) is 0 Å². The average molecular weight is 352 g/mol. The summed E-state index contributed by atoms with van der Waals surface area (Å²) >= 11 is 0. The van der Waals surface area contributed by atoms with Crippen molar-refractivity contribution in [2.75, 3.05) is 25.0 Å². The van der Waals surface area contributed by atoms with E-state index < -0.39 is 6.36 Å². The summed E-state index contributed by atoms with van der Waals surface area (Å²) in [5.41, 5.74) is 0.798. The van der Waals surface area contributed by atoms with Crippen LogP contribution in [0.5, 0.6) is 5.75 Å². The first-order chi connectivity index (χ1) is 11.9. The standard InChI is InChI=1S/C17H19F3N4O/c1-23(16-5-7-21-12-22-16)14-6-8-24(11-14)10-13-3-2-4-15(9-13)25-17(18,19)20/h2-5,7,9,12,14H,6,8,10-11H2,1H3. The molecule has 1 aliphatic heterocycles. The van der Waals surface area contributed by atoms with Crippen molar-refractivity contribution >= 4 is 5.82 Å². The van der Waals surface area contributed by atoms with Crippen molar-refractivity contribution in [2.45, 2.75) is 25.4 Å². The normalized spacial score (nSPS) is 18.3. The summed E-state index contributed by atoms with van der Waals surface area (Å²) in [4.78, 5) is 12.5. The first-order valence-electron chi connectivity index (χ1n) is 7.96. The number of likely N-dealkylation sites (N-methyl/N-ethyl adjacent to an activating group) is 1. The summed E-state index contributed by atoms with van der Waals surface area (Å²) in [5.74, 6) is 0.682. The fourth-order valence-corrected chi connectivity index (χ4v) is 3.05. The lowest BCUT2D eigenvalue weighted by Gasteiger charge is -2.25. The van der Waals surface area contributed by atoms with Gasteiger partial charge in [-0.3, -0.25) is 4.90 Å². The van der Waals surface area contributed by atoms with E-state index >= 15 is 0 Å². The van der Waals surface area contributed by atoms with Crippen LogP contribution in [-0.4, -0.2) is 47.4 Å². The fourth-order valence-electron chi connectivity index (χ4n) is 3.05. The molecule has 1 atom stereocenters. The predicted octanol–water partition coefficient (Wildman–Crippen LogP) is 3.09. The third-order valence-corrected chi connectivity index (χ3v) is 4.26. The van der Waals surface area contributed by atoms with E-state index in [0.717, 1.165) is 30.9 Å². The quantitative estimate of drug-likeness (QED) is 0.827. The Bertz CT molecular complexity index is 696. The molecule has 1 aromatic heterocycles. The van der Waals surface area contributed by atoms with E-state index in [2.05, 4.69) is 24.5 Å². The number of alkyl halides is 3. The van der Waals surface area contributed by atoms with Gasteiger partial charge < -0.3 is 9.64 Å². The predicted molar refractivity (Wildman–Crippen MR) is 87.2 cm³/mol. The first-order valence-corrected chi connectivity index (χ1v) is 7.96. The van der Waals surface area contributed by atoms with Crippen LogP contribution in [0.1, 0.15) is 12.0 Å². The maximum absolute atomic E-state index is 12.3. The lowest BCUT2D eigenvalue weighted by atomic mass is 10.2. The molecule has 0 radical (unpaired) electrons. The zero-order valence-electron chi connectivity index (χ0n) is 13.8. The van der Waals surface area contributed by atoms with Crippen molar-refractivity contribution in [3.05, 3.63) is 48.4 Å². The minimum atomic E-state index is -4.67. The molecule has 1 unspecified atom stereocenters. The Morgan fingerprint density at radius 2 is 2.16 bits per heavy atom. The Kier molecular flexibility index (Phi) is 5.08. The Labute approximate surface area is 144 Å². The molecule has 2 heterocycles. The van der Waals surface area contributed by atoms with Gasteiger partial charge in [-0.15, -0.1) is 13.2 Å². The van der Waals surface area contributed by atoms with Gasteiger partial charge in [0.2, 0.25) is 0 Å². The molecule has 0 amide bonds. The van der Waals surface area contributed by atoms with Gasteiger partial charge in [0.1, 0.15) is 17.9 Å². The van der Waals surface area contributed by atoms with Gasteiger partial charge in [-0.2, -0.15) is 0 Å². The summed E-state index contributed by atoms with van der Waals surface area (Å²) in [5, 5.41) is 0. The second kappa shape index (κ2) is 7.26. The number of ether oxygens (including phenoxy) is 1. The topological polar surface area (TPSA) is 41.5 Å². The number of rotatable bonds is 5. The van der Waals surface area contributed by atoms with Gasteiger partial charge in [-0.25, -0.2) is 9.97 Å². The molecular weight excluding hydrogens is 333 g/mol. The molecule has 134 valence electrons. The van der Waals surface area contributed by atoms with Gasteiger partial charge in [0.15, 0.2) is 0 Å². The van der Waals surface area contributed by atoms with E-state index in [9.17, 15) is 13.2 Å². The molecule has 0 N–H and O–H groups in total. The summed E-state index contributed by atoms with van der Waals surface area (Å²) in [6.07, 6.45) is -0.473. The highest BCUT2D eigenvalue weighted by molar-refractivity contribution is 5.37. The second-order valence-corrected chi connectivity index (χ2v) is 6.05. The number of halogens is 3. The largest absolute Gasteiger partial charge is 0.573 e. The molecule has 3 rings (SSSR count). The lowest BCUT2D eigenvalue weighted by molar-refractivity contribution is -0.274. The second-order valence-electron chi connectivity index (χ2n) is 6.05. The van der Waals surface area contributed by atoms with Crippen LogP contribution in [-0.2, 0) is 6.54 Å². The van der Waals surface area contributed by atoms with Crippen molar-refractivity contribution in [2.24, 2.45) is 0 Å². The van der Waals surface area contributed by atoms with Gasteiger partial charge in [-0.05, 0) is 30.2 Å². The van der Waals surface area contributed by atoms with E-state index in [0.29, 0.717) is 12.6 Å². The van der Waals surface area contributed by atoms with Gasteiger partial charge >= 0.3 is 6.36 Å². The highest BCUT2D eigenvalue weighted by Crippen LogP contribution is 2.25. The van der Waals surface area contributed by atoms with Crippen LogP contribution in [0.4, 0.5) is 19.0 Å². The molecule has 25 heavy (non-hydrogen) atoms. The third kappa shape index (κ3) is 4.82. The molecule has 0 bridgehead atoms. The van der Waals surface area contributed by atoms with Crippen molar-refractivity contribution in [3.8, 4) is 5.75 Å². The molecule has 1 saturated heterocycles. The number of hydrogen-bond donors (Lipinski definition) is 0.